The van der Waals surface area contributed by atoms with Crippen LogP contribution in [0.3, 0.4) is 0 Å². The number of methoxy groups -OCH3 is 1. The average molecular weight is 357 g/mol. The van der Waals surface area contributed by atoms with Crippen LogP contribution in [0.1, 0.15) is 12.8 Å². The summed E-state index contributed by atoms with van der Waals surface area (Å²) in [4.78, 5) is 24.5. The smallest absolute Gasteiger partial charge is 0.323 e. The summed E-state index contributed by atoms with van der Waals surface area (Å²) in [7, 11) is 1.54. The fourth-order valence-corrected chi connectivity index (χ4v) is 2.26. The second kappa shape index (κ2) is 6.80. The zero-order valence-electron chi connectivity index (χ0n) is 11.6. The number of carbonyl (C=O) groups excluding carboxylic acids is 1. The Morgan fingerprint density at radius 2 is 2.19 bits per heavy atom. The van der Waals surface area contributed by atoms with Crippen LogP contribution in [0.4, 0.5) is 10.5 Å². The maximum absolute atomic E-state index is 12.3. The molecule has 1 aliphatic rings. The molecule has 0 aromatic heterocycles. The molecule has 1 aromatic rings. The summed E-state index contributed by atoms with van der Waals surface area (Å²) in [5, 5.41) is 11.6. The van der Waals surface area contributed by atoms with Crippen molar-refractivity contribution in [3.63, 3.8) is 0 Å². The van der Waals surface area contributed by atoms with Gasteiger partial charge in [0.15, 0.2) is 0 Å². The fraction of sp³-hybridized carbons (Fsp3) is 0.429. The SMILES string of the molecule is COc1ccc(Br)c(NC(=O)N(CC(=O)O)CC2CC2)c1. The molecule has 0 aliphatic heterocycles. The normalized spacial score (nSPS) is 13.6. The topological polar surface area (TPSA) is 78.9 Å². The summed E-state index contributed by atoms with van der Waals surface area (Å²) in [6.45, 7) is 0.170. The molecule has 21 heavy (non-hydrogen) atoms. The van der Waals surface area contributed by atoms with Crippen LogP contribution >= 0.6 is 15.9 Å². The Balaban J connectivity index is 2.07. The molecule has 1 fully saturated rings. The van der Waals surface area contributed by atoms with Gasteiger partial charge in [0.25, 0.3) is 0 Å². The van der Waals surface area contributed by atoms with Crippen molar-refractivity contribution in [2.24, 2.45) is 5.92 Å². The van der Waals surface area contributed by atoms with Gasteiger partial charge in [-0.3, -0.25) is 4.79 Å². The van der Waals surface area contributed by atoms with Crippen LogP contribution in [0.5, 0.6) is 5.75 Å². The van der Waals surface area contributed by atoms with Crippen molar-refractivity contribution in [1.82, 2.24) is 4.90 Å². The van der Waals surface area contributed by atoms with E-state index in [0.717, 1.165) is 12.8 Å². The van der Waals surface area contributed by atoms with E-state index in [9.17, 15) is 9.59 Å². The number of carboxylic acids is 1. The van der Waals surface area contributed by atoms with Crippen molar-refractivity contribution in [2.45, 2.75) is 12.8 Å². The summed E-state index contributed by atoms with van der Waals surface area (Å²) in [5.74, 6) is 0.0137. The first-order chi connectivity index (χ1) is 9.99. The Morgan fingerprint density at radius 3 is 2.76 bits per heavy atom. The fourth-order valence-electron chi connectivity index (χ4n) is 1.92. The number of nitrogens with zero attached hydrogens (tertiary/aromatic N) is 1. The highest BCUT2D eigenvalue weighted by Crippen LogP contribution is 2.31. The number of benzene rings is 1. The van der Waals surface area contributed by atoms with Crippen molar-refractivity contribution in [2.75, 3.05) is 25.5 Å². The molecule has 1 saturated carbocycles. The number of rotatable bonds is 6. The summed E-state index contributed by atoms with van der Waals surface area (Å²) < 4.78 is 5.82. The Hall–Kier alpha value is -1.76. The molecule has 114 valence electrons. The third-order valence-corrected chi connectivity index (χ3v) is 3.90. The van der Waals surface area contributed by atoms with Crippen molar-refractivity contribution >= 4 is 33.6 Å². The number of amides is 2. The van der Waals surface area contributed by atoms with E-state index < -0.39 is 12.0 Å². The van der Waals surface area contributed by atoms with Gasteiger partial charge >= 0.3 is 12.0 Å². The molecule has 7 heteroatoms. The minimum Gasteiger partial charge on any atom is -0.497 e. The molecule has 0 bridgehead atoms. The molecular weight excluding hydrogens is 340 g/mol. The van der Waals surface area contributed by atoms with Gasteiger partial charge in [-0.15, -0.1) is 0 Å². The monoisotopic (exact) mass is 356 g/mol. The van der Waals surface area contributed by atoms with Crippen molar-refractivity contribution in [1.29, 1.82) is 0 Å². The first-order valence-electron chi connectivity index (χ1n) is 6.61. The molecule has 1 aliphatic carbocycles. The number of ether oxygens (including phenoxy) is 1. The van der Waals surface area contributed by atoms with E-state index >= 15 is 0 Å². The third-order valence-electron chi connectivity index (χ3n) is 3.20. The molecular formula is C14H17BrN2O4. The molecule has 2 N–H and O–H groups in total. The predicted octanol–water partition coefficient (Wildman–Crippen LogP) is 2.79. The van der Waals surface area contributed by atoms with E-state index in [4.69, 9.17) is 9.84 Å². The van der Waals surface area contributed by atoms with E-state index in [0.29, 0.717) is 28.4 Å². The number of hydrogen-bond acceptors (Lipinski definition) is 3. The zero-order chi connectivity index (χ0) is 15.4. The van der Waals surface area contributed by atoms with Gasteiger partial charge in [0.05, 0.1) is 12.8 Å². The van der Waals surface area contributed by atoms with E-state index in [-0.39, 0.29) is 6.54 Å². The van der Waals surface area contributed by atoms with Gasteiger partial charge in [-0.05, 0) is 46.8 Å². The number of halogens is 1. The molecule has 0 atom stereocenters. The lowest BCUT2D eigenvalue weighted by molar-refractivity contribution is -0.137. The van der Waals surface area contributed by atoms with Crippen LogP contribution < -0.4 is 10.1 Å². The minimum atomic E-state index is -1.02. The lowest BCUT2D eigenvalue weighted by Crippen LogP contribution is -2.40. The third kappa shape index (κ3) is 4.63. The molecule has 0 unspecified atom stereocenters. The highest BCUT2D eigenvalue weighted by atomic mass is 79.9. The molecule has 2 rings (SSSR count). The van der Waals surface area contributed by atoms with Crippen LogP contribution in [0, 0.1) is 5.92 Å². The number of carboxylic acid groups (broad SMARTS) is 1. The lowest BCUT2D eigenvalue weighted by atomic mass is 10.3. The molecule has 0 heterocycles. The van der Waals surface area contributed by atoms with Crippen LogP contribution in [-0.4, -0.2) is 42.2 Å². The molecule has 1 aromatic carbocycles. The molecule has 0 spiro atoms. The standard InChI is InChI=1S/C14H17BrN2O4/c1-21-10-4-5-11(15)12(6-10)16-14(20)17(8-13(18)19)7-9-2-3-9/h4-6,9H,2-3,7-8H2,1H3,(H,16,20)(H,18,19). The van der Waals surface area contributed by atoms with E-state index in [2.05, 4.69) is 21.2 Å². The Labute approximate surface area is 131 Å². The van der Waals surface area contributed by atoms with E-state index in [1.54, 1.807) is 25.3 Å². The number of nitrogens with one attached hydrogen (secondary N) is 1. The van der Waals surface area contributed by atoms with Gasteiger partial charge in [-0.1, -0.05) is 0 Å². The van der Waals surface area contributed by atoms with Gasteiger partial charge in [0, 0.05) is 17.1 Å². The van der Waals surface area contributed by atoms with Gasteiger partial charge in [0.2, 0.25) is 0 Å². The Bertz CT molecular complexity index is 546. The van der Waals surface area contributed by atoms with Crippen molar-refractivity contribution in [3.05, 3.63) is 22.7 Å². The first-order valence-corrected chi connectivity index (χ1v) is 7.40. The molecule has 0 radical (unpaired) electrons. The number of hydrogen-bond donors (Lipinski definition) is 2. The largest absolute Gasteiger partial charge is 0.497 e. The summed E-state index contributed by atoms with van der Waals surface area (Å²) in [6, 6.07) is 4.78. The van der Waals surface area contributed by atoms with Crippen LogP contribution in [0.2, 0.25) is 0 Å². The molecule has 0 saturated heterocycles. The number of carbonyl (C=O) groups is 2. The van der Waals surface area contributed by atoms with Crippen LogP contribution in [0.25, 0.3) is 0 Å². The second-order valence-electron chi connectivity index (χ2n) is 4.99. The average Bonchev–Trinajstić information content (AvgIpc) is 3.24. The quantitative estimate of drug-likeness (QED) is 0.821. The molecule has 6 nitrogen and oxygen atoms in total. The van der Waals surface area contributed by atoms with Crippen molar-refractivity contribution < 1.29 is 19.4 Å². The maximum Gasteiger partial charge on any atom is 0.323 e. The second-order valence-corrected chi connectivity index (χ2v) is 5.85. The van der Waals surface area contributed by atoms with Gasteiger partial charge in [-0.25, -0.2) is 4.79 Å². The Kier molecular flexibility index (Phi) is 5.06. The van der Waals surface area contributed by atoms with Crippen molar-refractivity contribution in [3.8, 4) is 5.75 Å². The van der Waals surface area contributed by atoms with Gasteiger partial charge < -0.3 is 20.1 Å². The maximum atomic E-state index is 12.3. The summed E-state index contributed by atoms with van der Waals surface area (Å²) >= 11 is 3.35. The van der Waals surface area contributed by atoms with Crippen LogP contribution in [-0.2, 0) is 4.79 Å². The highest BCUT2D eigenvalue weighted by molar-refractivity contribution is 9.10. The Morgan fingerprint density at radius 1 is 1.48 bits per heavy atom. The summed E-state index contributed by atoms with van der Waals surface area (Å²) in [5.41, 5.74) is 0.547. The van der Waals surface area contributed by atoms with Gasteiger partial charge in [0.1, 0.15) is 12.3 Å². The van der Waals surface area contributed by atoms with E-state index in [1.165, 1.54) is 4.90 Å². The number of anilines is 1. The summed E-state index contributed by atoms with van der Waals surface area (Å²) in [6.07, 6.45) is 2.10. The van der Waals surface area contributed by atoms with Gasteiger partial charge in [-0.2, -0.15) is 0 Å². The first kappa shape index (κ1) is 15.6. The highest BCUT2D eigenvalue weighted by Gasteiger charge is 2.28. The zero-order valence-corrected chi connectivity index (χ0v) is 13.2. The van der Waals surface area contributed by atoms with Crippen LogP contribution in [0.15, 0.2) is 22.7 Å². The van der Waals surface area contributed by atoms with E-state index in [1.807, 2.05) is 0 Å². The lowest BCUT2D eigenvalue weighted by Gasteiger charge is -2.21. The number of urea groups is 1. The minimum absolute atomic E-state index is 0.302. The number of aliphatic carboxylic acids is 1. The predicted molar refractivity (Wildman–Crippen MR) is 81.6 cm³/mol. The molecule has 2 amide bonds.